The van der Waals surface area contributed by atoms with E-state index in [9.17, 15) is 4.39 Å². The second-order valence-corrected chi connectivity index (χ2v) is 3.19. The van der Waals surface area contributed by atoms with Gasteiger partial charge in [-0.05, 0) is 18.1 Å². The molecule has 0 N–H and O–H groups in total. The number of aromatic nitrogens is 2. The SMILES string of the molecule is C#Cc1cc(-c2cccc(F)c2)n(C)n1. The first-order valence-corrected chi connectivity index (χ1v) is 4.47. The Morgan fingerprint density at radius 3 is 2.80 bits per heavy atom. The van der Waals surface area contributed by atoms with Gasteiger partial charge in [-0.1, -0.05) is 12.1 Å². The minimum absolute atomic E-state index is 0.268. The van der Waals surface area contributed by atoms with Gasteiger partial charge in [-0.15, -0.1) is 6.42 Å². The van der Waals surface area contributed by atoms with Crippen LogP contribution in [-0.2, 0) is 7.05 Å². The smallest absolute Gasteiger partial charge is 0.135 e. The molecule has 2 aromatic rings. The summed E-state index contributed by atoms with van der Waals surface area (Å²) in [6.07, 6.45) is 5.24. The quantitative estimate of drug-likeness (QED) is 0.645. The van der Waals surface area contributed by atoms with Crippen LogP contribution in [0.1, 0.15) is 5.69 Å². The van der Waals surface area contributed by atoms with Crippen LogP contribution in [0.5, 0.6) is 0 Å². The Morgan fingerprint density at radius 1 is 1.40 bits per heavy atom. The highest BCUT2D eigenvalue weighted by Crippen LogP contribution is 2.20. The molecule has 0 amide bonds. The second-order valence-electron chi connectivity index (χ2n) is 3.19. The molecule has 0 spiro atoms. The van der Waals surface area contributed by atoms with E-state index in [1.807, 2.05) is 6.07 Å². The Balaban J connectivity index is 2.54. The molecule has 2 nitrogen and oxygen atoms in total. The van der Waals surface area contributed by atoms with Crippen LogP contribution < -0.4 is 0 Å². The Morgan fingerprint density at radius 2 is 2.20 bits per heavy atom. The lowest BCUT2D eigenvalue weighted by molar-refractivity contribution is 0.628. The topological polar surface area (TPSA) is 17.8 Å². The summed E-state index contributed by atoms with van der Waals surface area (Å²) < 4.78 is 14.6. The van der Waals surface area contributed by atoms with Gasteiger partial charge in [0.25, 0.3) is 0 Å². The zero-order valence-corrected chi connectivity index (χ0v) is 8.24. The summed E-state index contributed by atoms with van der Waals surface area (Å²) in [5.41, 5.74) is 2.13. The number of benzene rings is 1. The molecule has 15 heavy (non-hydrogen) atoms. The third-order valence-electron chi connectivity index (χ3n) is 2.15. The number of nitrogens with zero attached hydrogens (tertiary/aromatic N) is 2. The van der Waals surface area contributed by atoms with Gasteiger partial charge in [0.2, 0.25) is 0 Å². The van der Waals surface area contributed by atoms with E-state index < -0.39 is 0 Å². The Labute approximate surface area is 87.4 Å². The van der Waals surface area contributed by atoms with E-state index in [0.717, 1.165) is 11.3 Å². The van der Waals surface area contributed by atoms with Crippen LogP contribution >= 0.6 is 0 Å². The first-order valence-electron chi connectivity index (χ1n) is 4.47. The van der Waals surface area contributed by atoms with Gasteiger partial charge < -0.3 is 0 Å². The molecule has 0 aliphatic rings. The summed E-state index contributed by atoms with van der Waals surface area (Å²) in [6.45, 7) is 0. The minimum atomic E-state index is -0.268. The average Bonchev–Trinajstić information content (AvgIpc) is 2.60. The molecule has 0 fully saturated rings. The predicted molar refractivity (Wildman–Crippen MR) is 56.5 cm³/mol. The van der Waals surface area contributed by atoms with E-state index in [4.69, 9.17) is 6.42 Å². The van der Waals surface area contributed by atoms with Crippen LogP contribution in [0.3, 0.4) is 0 Å². The summed E-state index contributed by atoms with van der Waals surface area (Å²) in [6, 6.07) is 8.10. The van der Waals surface area contributed by atoms with E-state index in [-0.39, 0.29) is 5.82 Å². The number of hydrogen-bond donors (Lipinski definition) is 0. The van der Waals surface area contributed by atoms with E-state index in [2.05, 4.69) is 11.0 Å². The largest absolute Gasteiger partial charge is 0.267 e. The van der Waals surface area contributed by atoms with Gasteiger partial charge in [-0.3, -0.25) is 4.68 Å². The lowest BCUT2D eigenvalue weighted by Crippen LogP contribution is -1.93. The zero-order valence-electron chi connectivity index (χ0n) is 8.24. The molecule has 0 radical (unpaired) electrons. The van der Waals surface area contributed by atoms with Gasteiger partial charge in [-0.25, -0.2) is 4.39 Å². The fourth-order valence-corrected chi connectivity index (χ4v) is 1.46. The van der Waals surface area contributed by atoms with Crippen molar-refractivity contribution in [2.24, 2.45) is 7.05 Å². The molecule has 74 valence electrons. The molecular weight excluding hydrogens is 191 g/mol. The van der Waals surface area contributed by atoms with E-state index in [0.29, 0.717) is 5.69 Å². The maximum atomic E-state index is 13.0. The molecule has 1 aromatic heterocycles. The van der Waals surface area contributed by atoms with Gasteiger partial charge in [0.1, 0.15) is 11.5 Å². The summed E-state index contributed by atoms with van der Waals surface area (Å²) in [5, 5.41) is 4.09. The Kier molecular flexibility index (Phi) is 2.26. The molecule has 2 rings (SSSR count). The van der Waals surface area contributed by atoms with E-state index >= 15 is 0 Å². The van der Waals surface area contributed by atoms with Gasteiger partial charge in [0, 0.05) is 18.7 Å². The van der Waals surface area contributed by atoms with Gasteiger partial charge in [-0.2, -0.15) is 5.10 Å². The van der Waals surface area contributed by atoms with Crippen molar-refractivity contribution in [3.8, 4) is 23.6 Å². The van der Waals surface area contributed by atoms with Crippen molar-refractivity contribution in [2.45, 2.75) is 0 Å². The predicted octanol–water partition coefficient (Wildman–Crippen LogP) is 2.21. The number of halogens is 1. The lowest BCUT2D eigenvalue weighted by atomic mass is 10.1. The highest BCUT2D eigenvalue weighted by molar-refractivity contribution is 5.61. The first-order chi connectivity index (χ1) is 7.20. The number of aryl methyl sites for hydroxylation is 1. The van der Waals surface area contributed by atoms with Crippen LogP contribution in [0.4, 0.5) is 4.39 Å². The van der Waals surface area contributed by atoms with Crippen molar-refractivity contribution >= 4 is 0 Å². The average molecular weight is 200 g/mol. The molecule has 1 aromatic carbocycles. The monoisotopic (exact) mass is 200 g/mol. The molecule has 0 saturated carbocycles. The first kappa shape index (κ1) is 9.47. The number of hydrogen-bond acceptors (Lipinski definition) is 1. The standard InChI is InChI=1S/C12H9FN2/c1-3-11-8-12(15(2)14-11)9-5-4-6-10(13)7-9/h1,4-8H,2H3. The molecule has 0 saturated heterocycles. The third kappa shape index (κ3) is 1.75. The molecule has 0 aliphatic carbocycles. The zero-order chi connectivity index (χ0) is 10.8. The van der Waals surface area contributed by atoms with Crippen LogP contribution in [0.2, 0.25) is 0 Å². The summed E-state index contributed by atoms with van der Waals surface area (Å²) in [5.74, 6) is 2.18. The highest BCUT2D eigenvalue weighted by Gasteiger charge is 2.06. The van der Waals surface area contributed by atoms with Crippen molar-refractivity contribution < 1.29 is 4.39 Å². The van der Waals surface area contributed by atoms with Crippen molar-refractivity contribution in [3.05, 3.63) is 41.8 Å². The van der Waals surface area contributed by atoms with Crippen LogP contribution in [0.25, 0.3) is 11.3 Å². The van der Waals surface area contributed by atoms with Crippen molar-refractivity contribution in [1.82, 2.24) is 9.78 Å². The Hall–Kier alpha value is -2.08. The third-order valence-corrected chi connectivity index (χ3v) is 2.15. The van der Waals surface area contributed by atoms with Gasteiger partial charge >= 0.3 is 0 Å². The maximum Gasteiger partial charge on any atom is 0.135 e. The van der Waals surface area contributed by atoms with Crippen LogP contribution in [0, 0.1) is 18.2 Å². The van der Waals surface area contributed by atoms with Crippen LogP contribution in [-0.4, -0.2) is 9.78 Å². The van der Waals surface area contributed by atoms with Crippen molar-refractivity contribution in [2.75, 3.05) is 0 Å². The number of rotatable bonds is 1. The molecule has 0 bridgehead atoms. The van der Waals surface area contributed by atoms with Gasteiger partial charge in [0.15, 0.2) is 0 Å². The fraction of sp³-hybridized carbons (Fsp3) is 0.0833. The summed E-state index contributed by atoms with van der Waals surface area (Å²) in [4.78, 5) is 0. The minimum Gasteiger partial charge on any atom is -0.267 e. The second kappa shape index (κ2) is 3.58. The van der Waals surface area contributed by atoms with E-state index in [1.165, 1.54) is 12.1 Å². The van der Waals surface area contributed by atoms with Crippen molar-refractivity contribution in [3.63, 3.8) is 0 Å². The maximum absolute atomic E-state index is 13.0. The molecule has 0 aliphatic heterocycles. The van der Waals surface area contributed by atoms with Crippen molar-refractivity contribution in [1.29, 1.82) is 0 Å². The summed E-state index contributed by atoms with van der Waals surface area (Å²) >= 11 is 0. The van der Waals surface area contributed by atoms with E-state index in [1.54, 1.807) is 23.9 Å². The van der Waals surface area contributed by atoms with Crippen LogP contribution in [0.15, 0.2) is 30.3 Å². The van der Waals surface area contributed by atoms with Gasteiger partial charge in [0.05, 0.1) is 5.69 Å². The number of terminal acetylenes is 1. The fourth-order valence-electron chi connectivity index (χ4n) is 1.46. The lowest BCUT2D eigenvalue weighted by Gasteiger charge is -2.00. The molecule has 1 heterocycles. The Bertz CT molecular complexity index is 535. The molecule has 0 unspecified atom stereocenters. The normalized spacial score (nSPS) is 9.93. The highest BCUT2D eigenvalue weighted by atomic mass is 19.1. The molecule has 3 heteroatoms. The summed E-state index contributed by atoms with van der Waals surface area (Å²) in [7, 11) is 1.78. The molecule has 0 atom stereocenters. The molecular formula is C12H9FN2.